The number of sulfonamides is 1. The predicted molar refractivity (Wildman–Crippen MR) is 80.4 cm³/mol. The van der Waals surface area contributed by atoms with E-state index in [0.717, 1.165) is 18.2 Å². The summed E-state index contributed by atoms with van der Waals surface area (Å²) in [5.74, 6) is -1.87. The number of hydrogen-bond donors (Lipinski definition) is 3. The highest BCUT2D eigenvalue weighted by Gasteiger charge is 2.27. The molecule has 1 atom stereocenters. The van der Waals surface area contributed by atoms with Crippen molar-refractivity contribution in [3.8, 4) is 0 Å². The lowest BCUT2D eigenvalue weighted by atomic mass is 10.1. The fourth-order valence-corrected chi connectivity index (χ4v) is 3.15. The smallest absolute Gasteiger partial charge is 0.241 e. The Hall–Kier alpha value is -1.58. The summed E-state index contributed by atoms with van der Waals surface area (Å²) in [4.78, 5) is 10.8. The Morgan fingerprint density at radius 1 is 1.33 bits per heavy atom. The summed E-state index contributed by atoms with van der Waals surface area (Å²) in [5, 5.41) is 0. The number of halogens is 1. The lowest BCUT2D eigenvalue weighted by molar-refractivity contribution is -0.120. The van der Waals surface area contributed by atoms with Crippen molar-refractivity contribution in [1.82, 2.24) is 4.72 Å². The van der Waals surface area contributed by atoms with Gasteiger partial charge in [-0.2, -0.15) is 4.72 Å². The zero-order valence-corrected chi connectivity index (χ0v) is 13.1. The second-order valence-corrected chi connectivity index (χ2v) is 6.91. The van der Waals surface area contributed by atoms with Crippen LogP contribution in [0, 0.1) is 11.7 Å². The number of benzene rings is 1. The highest BCUT2D eigenvalue weighted by atomic mass is 32.2. The molecule has 1 amide bonds. The number of carbonyl (C=O) groups is 1. The predicted octanol–water partition coefficient (Wildman–Crippen LogP) is 0.248. The summed E-state index contributed by atoms with van der Waals surface area (Å²) in [5.41, 5.74) is 10.3. The van der Waals surface area contributed by atoms with Gasteiger partial charge < -0.3 is 11.5 Å². The number of primary amides is 1. The molecule has 5 N–H and O–H groups in total. The summed E-state index contributed by atoms with van der Waals surface area (Å²) in [6.07, 6.45) is 0. The topological polar surface area (TPSA) is 115 Å². The molecule has 1 unspecified atom stereocenters. The van der Waals surface area contributed by atoms with E-state index < -0.39 is 27.8 Å². The molecule has 0 radical (unpaired) electrons. The number of thiocarbonyl (C=S) groups is 1. The van der Waals surface area contributed by atoms with Gasteiger partial charge in [-0.1, -0.05) is 26.1 Å². The van der Waals surface area contributed by atoms with Crippen LogP contribution in [0.4, 0.5) is 4.39 Å². The average molecular weight is 333 g/mol. The van der Waals surface area contributed by atoms with Crippen molar-refractivity contribution in [2.75, 3.05) is 0 Å². The third-order valence-electron chi connectivity index (χ3n) is 2.77. The third kappa shape index (κ3) is 4.19. The molecule has 1 aromatic rings. The molecule has 9 heteroatoms. The van der Waals surface area contributed by atoms with Crippen LogP contribution >= 0.6 is 12.2 Å². The van der Waals surface area contributed by atoms with Crippen LogP contribution in [-0.2, 0) is 14.8 Å². The fourth-order valence-electron chi connectivity index (χ4n) is 1.62. The maximum absolute atomic E-state index is 13.5. The molecule has 0 bridgehead atoms. The first-order valence-corrected chi connectivity index (χ1v) is 7.86. The van der Waals surface area contributed by atoms with Crippen molar-refractivity contribution in [1.29, 1.82) is 0 Å². The van der Waals surface area contributed by atoms with E-state index in [2.05, 4.69) is 16.9 Å². The molecule has 21 heavy (non-hydrogen) atoms. The highest BCUT2D eigenvalue weighted by Crippen LogP contribution is 2.16. The first-order chi connectivity index (χ1) is 9.56. The van der Waals surface area contributed by atoms with Crippen molar-refractivity contribution >= 4 is 33.1 Å². The minimum absolute atomic E-state index is 0.187. The van der Waals surface area contributed by atoms with Gasteiger partial charge in [-0.05, 0) is 24.1 Å². The Kier molecular flexibility index (Phi) is 5.37. The van der Waals surface area contributed by atoms with Crippen LogP contribution in [0.15, 0.2) is 23.1 Å². The molecule has 0 saturated heterocycles. The summed E-state index contributed by atoms with van der Waals surface area (Å²) in [6, 6.07) is 1.93. The number of hydrogen-bond acceptors (Lipinski definition) is 4. The van der Waals surface area contributed by atoms with Crippen LogP contribution in [0.25, 0.3) is 0 Å². The van der Waals surface area contributed by atoms with Crippen molar-refractivity contribution in [3.63, 3.8) is 0 Å². The number of nitrogens with two attached hydrogens (primary N) is 2. The summed E-state index contributed by atoms with van der Waals surface area (Å²) in [7, 11) is -4.06. The van der Waals surface area contributed by atoms with E-state index in [0.29, 0.717) is 0 Å². The molecule has 0 heterocycles. The Labute approximate surface area is 127 Å². The molecule has 0 aliphatic rings. The molecule has 0 saturated carbocycles. The van der Waals surface area contributed by atoms with Crippen LogP contribution in [0.2, 0.25) is 0 Å². The van der Waals surface area contributed by atoms with Gasteiger partial charge in [0.2, 0.25) is 15.9 Å². The second-order valence-electron chi connectivity index (χ2n) is 4.75. The lowest BCUT2D eigenvalue weighted by Crippen LogP contribution is -2.47. The zero-order chi connectivity index (χ0) is 16.4. The third-order valence-corrected chi connectivity index (χ3v) is 4.43. The molecule has 0 fully saturated rings. The summed E-state index contributed by atoms with van der Waals surface area (Å²) >= 11 is 4.65. The average Bonchev–Trinajstić information content (AvgIpc) is 2.35. The van der Waals surface area contributed by atoms with Gasteiger partial charge in [0.1, 0.15) is 16.8 Å². The minimum Gasteiger partial charge on any atom is -0.389 e. The maximum atomic E-state index is 13.5. The summed E-state index contributed by atoms with van der Waals surface area (Å²) < 4.78 is 40.1. The Morgan fingerprint density at radius 2 is 1.90 bits per heavy atom. The fraction of sp³-hybridized carbons (Fsp3) is 0.333. The van der Waals surface area contributed by atoms with Crippen LogP contribution in [-0.4, -0.2) is 25.4 Å². The van der Waals surface area contributed by atoms with E-state index in [-0.39, 0.29) is 21.4 Å². The molecule has 116 valence electrons. The van der Waals surface area contributed by atoms with Crippen molar-refractivity contribution < 1.29 is 17.6 Å². The van der Waals surface area contributed by atoms with Crippen molar-refractivity contribution in [3.05, 3.63) is 29.6 Å². The van der Waals surface area contributed by atoms with E-state index in [1.54, 1.807) is 13.8 Å². The standard InChI is InChI=1S/C12H16FN3O3S2/c1-6(2)10(11(14)17)16-21(18,19)7-3-4-9(13)8(5-7)12(15)20/h3-6,10,16H,1-2H3,(H2,14,17)(H2,15,20). The molecular formula is C12H16FN3O3S2. The first-order valence-electron chi connectivity index (χ1n) is 5.97. The van der Waals surface area contributed by atoms with Gasteiger partial charge in [0, 0.05) is 5.56 Å². The van der Waals surface area contributed by atoms with Gasteiger partial charge >= 0.3 is 0 Å². The monoisotopic (exact) mass is 333 g/mol. The molecule has 0 aromatic heterocycles. The number of nitrogens with one attached hydrogen (secondary N) is 1. The number of carbonyl (C=O) groups excluding carboxylic acids is 1. The zero-order valence-electron chi connectivity index (χ0n) is 11.5. The molecule has 0 aliphatic heterocycles. The molecule has 1 aromatic carbocycles. The normalized spacial score (nSPS) is 13.1. The molecule has 0 aliphatic carbocycles. The van der Waals surface area contributed by atoms with Crippen molar-refractivity contribution in [2.24, 2.45) is 17.4 Å². The van der Waals surface area contributed by atoms with Crippen LogP contribution < -0.4 is 16.2 Å². The minimum atomic E-state index is -4.06. The van der Waals surface area contributed by atoms with E-state index in [1.807, 2.05) is 0 Å². The molecule has 1 rings (SSSR count). The number of rotatable bonds is 6. The largest absolute Gasteiger partial charge is 0.389 e. The van der Waals surface area contributed by atoms with Crippen molar-refractivity contribution in [2.45, 2.75) is 24.8 Å². The van der Waals surface area contributed by atoms with Gasteiger partial charge in [0.25, 0.3) is 0 Å². The second kappa shape index (κ2) is 6.46. The van der Waals surface area contributed by atoms with Gasteiger partial charge in [0.05, 0.1) is 4.90 Å². The molecular weight excluding hydrogens is 317 g/mol. The van der Waals surface area contributed by atoms with Gasteiger partial charge in [-0.15, -0.1) is 0 Å². The Morgan fingerprint density at radius 3 is 2.33 bits per heavy atom. The SMILES string of the molecule is CC(C)C(NS(=O)(=O)c1ccc(F)c(C(N)=S)c1)C(N)=O. The summed E-state index contributed by atoms with van der Waals surface area (Å²) in [6.45, 7) is 3.28. The van der Waals surface area contributed by atoms with E-state index in [9.17, 15) is 17.6 Å². The first kappa shape index (κ1) is 17.5. The van der Waals surface area contributed by atoms with Gasteiger partial charge in [-0.25, -0.2) is 12.8 Å². The Balaban J connectivity index is 3.22. The quantitative estimate of drug-likeness (QED) is 0.645. The van der Waals surface area contributed by atoms with Gasteiger partial charge in [-0.3, -0.25) is 4.79 Å². The molecule has 0 spiro atoms. The van der Waals surface area contributed by atoms with E-state index >= 15 is 0 Å². The lowest BCUT2D eigenvalue weighted by Gasteiger charge is -2.19. The van der Waals surface area contributed by atoms with Crippen LogP contribution in [0.1, 0.15) is 19.4 Å². The maximum Gasteiger partial charge on any atom is 0.241 e. The Bertz CT molecular complexity index is 674. The molecule has 6 nitrogen and oxygen atoms in total. The highest BCUT2D eigenvalue weighted by molar-refractivity contribution is 7.89. The van der Waals surface area contributed by atoms with Gasteiger partial charge in [0.15, 0.2) is 0 Å². The van der Waals surface area contributed by atoms with Crippen LogP contribution in [0.5, 0.6) is 0 Å². The van der Waals surface area contributed by atoms with E-state index in [4.69, 9.17) is 11.5 Å². The van der Waals surface area contributed by atoms with Crippen LogP contribution in [0.3, 0.4) is 0 Å². The van der Waals surface area contributed by atoms with E-state index in [1.165, 1.54) is 0 Å². The number of amides is 1.